The van der Waals surface area contributed by atoms with Gasteiger partial charge in [0.05, 0.1) is 6.54 Å². The van der Waals surface area contributed by atoms with Gasteiger partial charge in [0.25, 0.3) is 0 Å². The lowest BCUT2D eigenvalue weighted by Crippen LogP contribution is -2.30. The van der Waals surface area contributed by atoms with E-state index in [1.165, 1.54) is 6.07 Å². The summed E-state index contributed by atoms with van der Waals surface area (Å²) in [5.74, 6) is -0.303. The molecule has 2 rings (SSSR count). The summed E-state index contributed by atoms with van der Waals surface area (Å²) in [6.45, 7) is 7.10. The summed E-state index contributed by atoms with van der Waals surface area (Å²) < 4.78 is 13.5. The van der Waals surface area contributed by atoms with Crippen LogP contribution in [0.25, 0.3) is 0 Å². The molecule has 0 atom stereocenters. The molecule has 0 bridgehead atoms. The predicted molar refractivity (Wildman–Crippen MR) is 96.7 cm³/mol. The van der Waals surface area contributed by atoms with Crippen molar-refractivity contribution >= 4 is 11.6 Å². The number of amides is 1. The molecule has 128 valence electrons. The molecule has 4 heteroatoms. The van der Waals surface area contributed by atoms with Crippen LogP contribution in [-0.2, 0) is 16.6 Å². The summed E-state index contributed by atoms with van der Waals surface area (Å²) >= 11 is 0. The number of anilines is 1. The Bertz CT molecular complexity index is 692. The molecule has 2 N–H and O–H groups in total. The second-order valence-electron chi connectivity index (χ2n) is 6.86. The summed E-state index contributed by atoms with van der Waals surface area (Å²) in [5.41, 5.74) is 2.56. The van der Waals surface area contributed by atoms with E-state index in [0.717, 1.165) is 11.3 Å². The van der Waals surface area contributed by atoms with E-state index < -0.39 is 0 Å². The highest BCUT2D eigenvalue weighted by Crippen LogP contribution is 2.29. The molecule has 2 aromatic carbocycles. The van der Waals surface area contributed by atoms with Crippen LogP contribution in [0.2, 0.25) is 0 Å². The van der Waals surface area contributed by atoms with E-state index >= 15 is 0 Å². The van der Waals surface area contributed by atoms with Gasteiger partial charge in [0.15, 0.2) is 0 Å². The van der Waals surface area contributed by atoms with Crippen molar-refractivity contribution < 1.29 is 9.18 Å². The summed E-state index contributed by atoms with van der Waals surface area (Å²) in [7, 11) is 0. The highest BCUT2D eigenvalue weighted by Gasteiger charge is 2.18. The van der Waals surface area contributed by atoms with Gasteiger partial charge in [0.1, 0.15) is 5.82 Å². The third kappa shape index (κ3) is 5.17. The van der Waals surface area contributed by atoms with Gasteiger partial charge < -0.3 is 10.6 Å². The Kier molecular flexibility index (Phi) is 6.10. The van der Waals surface area contributed by atoms with Crippen molar-refractivity contribution in [2.45, 2.75) is 32.6 Å². The Balaban J connectivity index is 1.83. The number of carbonyl (C=O) groups excluding carboxylic acids is 1. The average Bonchev–Trinajstić information content (AvgIpc) is 2.52. The SMILES string of the molecule is CC(C)(C)c1ccccc1NC(=O)CNCCc1ccccc1F. The maximum Gasteiger partial charge on any atom is 0.238 e. The van der Waals surface area contributed by atoms with Gasteiger partial charge in [-0.25, -0.2) is 4.39 Å². The summed E-state index contributed by atoms with van der Waals surface area (Å²) in [6, 6.07) is 14.5. The van der Waals surface area contributed by atoms with Gasteiger partial charge >= 0.3 is 0 Å². The molecule has 24 heavy (non-hydrogen) atoms. The number of carbonyl (C=O) groups is 1. The minimum atomic E-state index is -0.206. The minimum absolute atomic E-state index is 0.0395. The molecular formula is C20H25FN2O. The van der Waals surface area contributed by atoms with Gasteiger partial charge in [-0.3, -0.25) is 4.79 Å². The van der Waals surface area contributed by atoms with Crippen LogP contribution in [0.5, 0.6) is 0 Å². The Labute approximate surface area is 143 Å². The third-order valence-corrected chi connectivity index (χ3v) is 3.82. The fourth-order valence-corrected chi connectivity index (χ4v) is 2.57. The quantitative estimate of drug-likeness (QED) is 0.790. The highest BCUT2D eigenvalue weighted by atomic mass is 19.1. The maximum atomic E-state index is 13.5. The number of rotatable bonds is 6. The second kappa shape index (κ2) is 8.06. The van der Waals surface area contributed by atoms with Crippen molar-refractivity contribution in [1.29, 1.82) is 0 Å². The van der Waals surface area contributed by atoms with Gasteiger partial charge in [-0.1, -0.05) is 57.2 Å². The Morgan fingerprint density at radius 3 is 2.42 bits per heavy atom. The van der Waals surface area contributed by atoms with Crippen LogP contribution in [0.1, 0.15) is 31.9 Å². The first-order valence-electron chi connectivity index (χ1n) is 8.21. The first-order valence-corrected chi connectivity index (χ1v) is 8.21. The number of hydrogen-bond acceptors (Lipinski definition) is 2. The molecule has 0 fully saturated rings. The Morgan fingerprint density at radius 2 is 1.71 bits per heavy atom. The molecule has 0 saturated carbocycles. The van der Waals surface area contributed by atoms with E-state index in [-0.39, 0.29) is 23.7 Å². The first-order chi connectivity index (χ1) is 11.4. The fourth-order valence-electron chi connectivity index (χ4n) is 2.57. The lowest BCUT2D eigenvalue weighted by Gasteiger charge is -2.23. The smallest absolute Gasteiger partial charge is 0.238 e. The van der Waals surface area contributed by atoms with Crippen LogP contribution in [0.3, 0.4) is 0 Å². The van der Waals surface area contributed by atoms with E-state index in [4.69, 9.17) is 0 Å². The monoisotopic (exact) mass is 328 g/mol. The number of para-hydroxylation sites is 1. The summed E-state index contributed by atoms with van der Waals surface area (Å²) in [5, 5.41) is 6.01. The van der Waals surface area contributed by atoms with Crippen LogP contribution in [0, 0.1) is 5.82 Å². The van der Waals surface area contributed by atoms with Gasteiger partial charge in [0, 0.05) is 5.69 Å². The number of benzene rings is 2. The average molecular weight is 328 g/mol. The normalized spacial score (nSPS) is 11.3. The van der Waals surface area contributed by atoms with Gasteiger partial charge in [-0.15, -0.1) is 0 Å². The minimum Gasteiger partial charge on any atom is -0.325 e. The van der Waals surface area contributed by atoms with Crippen LogP contribution in [0.15, 0.2) is 48.5 Å². The first kappa shape index (κ1) is 18.1. The van der Waals surface area contributed by atoms with E-state index in [1.54, 1.807) is 12.1 Å². The summed E-state index contributed by atoms with van der Waals surface area (Å²) in [4.78, 5) is 12.1. The van der Waals surface area contributed by atoms with Crippen molar-refractivity contribution in [3.8, 4) is 0 Å². The van der Waals surface area contributed by atoms with E-state index in [1.807, 2.05) is 30.3 Å². The van der Waals surface area contributed by atoms with Gasteiger partial charge in [0.2, 0.25) is 5.91 Å². The zero-order chi connectivity index (χ0) is 17.6. The molecule has 0 aliphatic carbocycles. The van der Waals surface area contributed by atoms with Crippen molar-refractivity contribution in [2.75, 3.05) is 18.4 Å². The molecule has 0 saturated heterocycles. The van der Waals surface area contributed by atoms with Crippen LogP contribution >= 0.6 is 0 Å². The van der Waals surface area contributed by atoms with E-state index in [0.29, 0.717) is 18.5 Å². The lowest BCUT2D eigenvalue weighted by atomic mass is 9.86. The molecule has 0 radical (unpaired) electrons. The van der Waals surface area contributed by atoms with Crippen LogP contribution in [0.4, 0.5) is 10.1 Å². The van der Waals surface area contributed by atoms with Gasteiger partial charge in [-0.2, -0.15) is 0 Å². The molecule has 0 aromatic heterocycles. The number of hydrogen-bond donors (Lipinski definition) is 2. The van der Waals surface area contributed by atoms with Crippen molar-refractivity contribution in [3.63, 3.8) is 0 Å². The largest absolute Gasteiger partial charge is 0.325 e. The molecular weight excluding hydrogens is 303 g/mol. The Hall–Kier alpha value is -2.20. The second-order valence-corrected chi connectivity index (χ2v) is 6.86. The lowest BCUT2D eigenvalue weighted by molar-refractivity contribution is -0.115. The highest BCUT2D eigenvalue weighted by molar-refractivity contribution is 5.93. The molecule has 0 spiro atoms. The topological polar surface area (TPSA) is 41.1 Å². The van der Waals surface area contributed by atoms with E-state index in [2.05, 4.69) is 31.4 Å². The maximum absolute atomic E-state index is 13.5. The van der Waals surface area contributed by atoms with Crippen LogP contribution < -0.4 is 10.6 Å². The van der Waals surface area contributed by atoms with E-state index in [9.17, 15) is 9.18 Å². The molecule has 2 aromatic rings. The number of nitrogens with one attached hydrogen (secondary N) is 2. The third-order valence-electron chi connectivity index (χ3n) is 3.82. The van der Waals surface area contributed by atoms with Crippen molar-refractivity contribution in [3.05, 3.63) is 65.5 Å². The zero-order valence-electron chi connectivity index (χ0n) is 14.5. The molecule has 3 nitrogen and oxygen atoms in total. The summed E-state index contributed by atoms with van der Waals surface area (Å²) in [6.07, 6.45) is 0.554. The fraction of sp³-hybridized carbons (Fsp3) is 0.350. The van der Waals surface area contributed by atoms with Crippen molar-refractivity contribution in [2.24, 2.45) is 0 Å². The van der Waals surface area contributed by atoms with Crippen LogP contribution in [-0.4, -0.2) is 19.0 Å². The zero-order valence-corrected chi connectivity index (χ0v) is 14.5. The Morgan fingerprint density at radius 1 is 1.04 bits per heavy atom. The molecule has 1 amide bonds. The van der Waals surface area contributed by atoms with Crippen molar-refractivity contribution in [1.82, 2.24) is 5.32 Å². The molecule has 0 aliphatic heterocycles. The van der Waals surface area contributed by atoms with Gasteiger partial charge in [-0.05, 0) is 41.6 Å². The molecule has 0 aliphatic rings. The molecule has 0 heterocycles. The molecule has 0 unspecified atom stereocenters. The standard InChI is InChI=1S/C20H25FN2O/c1-20(2,3)16-9-5-7-11-18(16)23-19(24)14-22-13-12-15-8-4-6-10-17(15)21/h4-11,22H,12-14H2,1-3H3,(H,23,24). The predicted octanol–water partition coefficient (Wildman–Crippen LogP) is 3.89. The number of halogens is 1.